The van der Waals surface area contributed by atoms with Gasteiger partial charge in [0.1, 0.15) is 0 Å². The molecule has 0 unspecified atom stereocenters. The van der Waals surface area contributed by atoms with Crippen molar-refractivity contribution in [1.82, 2.24) is 14.8 Å². The first-order chi connectivity index (χ1) is 10.2. The van der Waals surface area contributed by atoms with Gasteiger partial charge in [0.25, 0.3) is 0 Å². The van der Waals surface area contributed by atoms with Crippen molar-refractivity contribution in [1.29, 1.82) is 0 Å². The minimum absolute atomic E-state index is 0.692. The maximum absolute atomic E-state index is 5.47. The molecule has 0 aliphatic heterocycles. The van der Waals surface area contributed by atoms with Gasteiger partial charge in [-0.3, -0.25) is 4.98 Å². The topological polar surface area (TPSA) is 52.0 Å². The van der Waals surface area contributed by atoms with Crippen LogP contribution in [0.3, 0.4) is 0 Å². The van der Waals surface area contributed by atoms with Gasteiger partial charge in [0.05, 0.1) is 34.3 Å². The van der Waals surface area contributed by atoms with Crippen LogP contribution in [0.2, 0.25) is 0 Å². The normalized spacial score (nSPS) is 11.0. The summed E-state index contributed by atoms with van der Waals surface area (Å²) in [4.78, 5) is 4.36. The first-order valence-electron chi connectivity index (χ1n) is 6.89. The van der Waals surface area contributed by atoms with Crippen molar-refractivity contribution in [3.05, 3.63) is 35.0 Å². The zero-order valence-corrected chi connectivity index (χ0v) is 13.2. The Kier molecular flexibility index (Phi) is 3.79. The number of aryl methyl sites for hydroxylation is 2. The van der Waals surface area contributed by atoms with E-state index in [0.29, 0.717) is 6.54 Å². The van der Waals surface area contributed by atoms with Crippen molar-refractivity contribution in [3.63, 3.8) is 0 Å². The molecule has 6 heteroatoms. The molecule has 0 atom stereocenters. The number of pyridine rings is 1. The molecule has 0 saturated heterocycles. The molecule has 110 valence electrons. The van der Waals surface area contributed by atoms with Crippen molar-refractivity contribution in [2.24, 2.45) is 7.05 Å². The van der Waals surface area contributed by atoms with E-state index in [1.165, 1.54) is 4.70 Å². The summed E-state index contributed by atoms with van der Waals surface area (Å²) < 4.78 is 8.44. The Balaban J connectivity index is 1.89. The smallest absolute Gasteiger partial charge is 0.216 e. The van der Waals surface area contributed by atoms with Crippen LogP contribution in [0.15, 0.2) is 23.7 Å². The second kappa shape index (κ2) is 5.73. The molecule has 0 radical (unpaired) electrons. The lowest BCUT2D eigenvalue weighted by Crippen LogP contribution is -2.03. The summed E-state index contributed by atoms with van der Waals surface area (Å²) in [5, 5.41) is 10.1. The molecule has 0 aliphatic rings. The summed E-state index contributed by atoms with van der Waals surface area (Å²) in [6.45, 7) is 2.80. The lowest BCUT2D eigenvalue weighted by Gasteiger charge is -2.09. The van der Waals surface area contributed by atoms with E-state index in [0.717, 1.165) is 34.8 Å². The van der Waals surface area contributed by atoms with Gasteiger partial charge in [-0.25, -0.2) is 4.68 Å². The molecule has 0 spiro atoms. The number of methoxy groups -OCH3 is 1. The average molecular weight is 302 g/mol. The number of aromatic nitrogens is 3. The van der Waals surface area contributed by atoms with Crippen LogP contribution in [-0.4, -0.2) is 21.9 Å². The maximum atomic E-state index is 5.47. The van der Waals surface area contributed by atoms with E-state index in [-0.39, 0.29) is 0 Å². The third kappa shape index (κ3) is 2.47. The molecular weight excluding hydrogens is 284 g/mol. The summed E-state index contributed by atoms with van der Waals surface area (Å²) in [5.41, 5.74) is 4.31. The molecule has 3 heterocycles. The van der Waals surface area contributed by atoms with E-state index in [4.69, 9.17) is 4.74 Å². The van der Waals surface area contributed by atoms with Crippen molar-refractivity contribution in [2.75, 3.05) is 12.4 Å². The van der Waals surface area contributed by atoms with E-state index < -0.39 is 0 Å². The van der Waals surface area contributed by atoms with Gasteiger partial charge < -0.3 is 10.1 Å². The minimum Gasteiger partial charge on any atom is -0.481 e. The van der Waals surface area contributed by atoms with E-state index in [2.05, 4.69) is 27.7 Å². The molecule has 0 aromatic carbocycles. The molecule has 0 saturated carbocycles. The molecule has 1 N–H and O–H groups in total. The molecule has 3 aromatic heterocycles. The van der Waals surface area contributed by atoms with Crippen molar-refractivity contribution in [2.45, 2.75) is 19.9 Å². The van der Waals surface area contributed by atoms with Gasteiger partial charge in [0, 0.05) is 19.8 Å². The number of thiophene rings is 1. The molecule has 0 fully saturated rings. The molecule has 3 aromatic rings. The quantitative estimate of drug-likeness (QED) is 0.786. The van der Waals surface area contributed by atoms with Crippen LogP contribution >= 0.6 is 11.3 Å². The predicted octanol–water partition coefficient (Wildman–Crippen LogP) is 3.21. The second-order valence-electron chi connectivity index (χ2n) is 4.76. The minimum atomic E-state index is 0.692. The highest BCUT2D eigenvalue weighted by Crippen LogP contribution is 2.29. The fourth-order valence-corrected chi connectivity index (χ4v) is 3.36. The summed E-state index contributed by atoms with van der Waals surface area (Å²) in [5.74, 6) is 0.816. The summed E-state index contributed by atoms with van der Waals surface area (Å²) >= 11 is 1.70. The van der Waals surface area contributed by atoms with Gasteiger partial charge in [-0.05, 0) is 23.9 Å². The van der Waals surface area contributed by atoms with Crippen molar-refractivity contribution < 1.29 is 4.74 Å². The Bertz CT molecular complexity index is 762. The lowest BCUT2D eigenvalue weighted by atomic mass is 10.2. The Morgan fingerprint density at radius 3 is 3.00 bits per heavy atom. The zero-order valence-electron chi connectivity index (χ0n) is 12.4. The molecule has 3 rings (SSSR count). The largest absolute Gasteiger partial charge is 0.481 e. The van der Waals surface area contributed by atoms with Crippen LogP contribution in [0.25, 0.3) is 10.2 Å². The fraction of sp³-hybridized carbons (Fsp3) is 0.333. The van der Waals surface area contributed by atoms with Crippen molar-refractivity contribution >= 4 is 27.2 Å². The first-order valence-corrected chi connectivity index (χ1v) is 7.77. The molecular formula is C15H18N4OS. The third-order valence-corrected chi connectivity index (χ3v) is 4.44. The SMILES string of the molecule is CCc1nn(C)c(OC)c1CNc1ccnc2ccsc12. The summed E-state index contributed by atoms with van der Waals surface area (Å²) in [7, 11) is 3.59. The highest BCUT2D eigenvalue weighted by molar-refractivity contribution is 7.17. The zero-order chi connectivity index (χ0) is 14.8. The van der Waals surface area contributed by atoms with E-state index in [1.807, 2.05) is 25.4 Å². The van der Waals surface area contributed by atoms with Gasteiger partial charge in [0.15, 0.2) is 0 Å². The lowest BCUT2D eigenvalue weighted by molar-refractivity contribution is 0.370. The Morgan fingerprint density at radius 1 is 1.38 bits per heavy atom. The predicted molar refractivity (Wildman–Crippen MR) is 86.1 cm³/mol. The average Bonchev–Trinajstić information content (AvgIpc) is 3.08. The summed E-state index contributed by atoms with van der Waals surface area (Å²) in [6.07, 6.45) is 2.72. The fourth-order valence-electron chi connectivity index (χ4n) is 2.52. The number of nitrogens with zero attached hydrogens (tertiary/aromatic N) is 3. The highest BCUT2D eigenvalue weighted by Gasteiger charge is 2.15. The molecule has 0 bridgehead atoms. The van der Waals surface area contributed by atoms with Gasteiger partial charge in [-0.15, -0.1) is 11.3 Å². The van der Waals surface area contributed by atoms with Crippen molar-refractivity contribution in [3.8, 4) is 5.88 Å². The standard InChI is InChI=1S/C15H18N4OS/c1-4-11-10(15(20-3)19(2)18-11)9-17-12-5-7-16-13-6-8-21-14(12)13/h5-8H,4,9H2,1-3H3,(H,16,17). The van der Waals surface area contributed by atoms with E-state index in [9.17, 15) is 0 Å². The number of hydrogen-bond donors (Lipinski definition) is 1. The monoisotopic (exact) mass is 302 g/mol. The van der Waals surface area contributed by atoms with Crippen LogP contribution in [0.4, 0.5) is 5.69 Å². The second-order valence-corrected chi connectivity index (χ2v) is 5.67. The van der Waals surface area contributed by atoms with Gasteiger partial charge in [0.2, 0.25) is 5.88 Å². The third-order valence-electron chi connectivity index (χ3n) is 3.50. The number of ether oxygens (including phenoxy) is 1. The highest BCUT2D eigenvalue weighted by atomic mass is 32.1. The number of rotatable bonds is 5. The van der Waals surface area contributed by atoms with Crippen LogP contribution in [0.5, 0.6) is 5.88 Å². The Labute approximate surface area is 127 Å². The Morgan fingerprint density at radius 2 is 2.24 bits per heavy atom. The van der Waals surface area contributed by atoms with E-state index in [1.54, 1.807) is 23.1 Å². The van der Waals surface area contributed by atoms with E-state index >= 15 is 0 Å². The maximum Gasteiger partial charge on any atom is 0.216 e. The van der Waals surface area contributed by atoms with Crippen LogP contribution in [0.1, 0.15) is 18.2 Å². The number of nitrogens with one attached hydrogen (secondary N) is 1. The van der Waals surface area contributed by atoms with Crippen LogP contribution in [-0.2, 0) is 20.0 Å². The molecule has 21 heavy (non-hydrogen) atoms. The Hall–Kier alpha value is -2.08. The van der Waals surface area contributed by atoms with Gasteiger partial charge in [-0.2, -0.15) is 5.10 Å². The number of fused-ring (bicyclic) bond motifs is 1. The molecule has 5 nitrogen and oxygen atoms in total. The van der Waals surface area contributed by atoms with Gasteiger partial charge >= 0.3 is 0 Å². The number of hydrogen-bond acceptors (Lipinski definition) is 5. The van der Waals surface area contributed by atoms with Crippen LogP contribution in [0, 0.1) is 0 Å². The first kappa shape index (κ1) is 13.9. The summed E-state index contributed by atoms with van der Waals surface area (Å²) in [6, 6.07) is 4.04. The van der Waals surface area contributed by atoms with Crippen LogP contribution < -0.4 is 10.1 Å². The van der Waals surface area contributed by atoms with Gasteiger partial charge in [-0.1, -0.05) is 6.92 Å². The molecule has 0 aliphatic carbocycles. The number of anilines is 1. The molecule has 0 amide bonds.